The van der Waals surface area contributed by atoms with E-state index in [-0.39, 0.29) is 24.7 Å². The van der Waals surface area contributed by atoms with E-state index in [1.165, 1.54) is 19.3 Å². The summed E-state index contributed by atoms with van der Waals surface area (Å²) in [5, 5.41) is 9.16. The molecule has 126 valence electrons. The number of ether oxygens (including phenoxy) is 2. The van der Waals surface area contributed by atoms with Crippen LogP contribution < -0.4 is 0 Å². The highest BCUT2D eigenvalue weighted by atomic mass is 16.7. The number of amides is 1. The molecule has 1 fully saturated rings. The third-order valence-corrected chi connectivity index (χ3v) is 4.77. The summed E-state index contributed by atoms with van der Waals surface area (Å²) < 4.78 is 11.7. The van der Waals surface area contributed by atoms with Crippen LogP contribution in [0.3, 0.4) is 0 Å². The van der Waals surface area contributed by atoms with Gasteiger partial charge < -0.3 is 19.5 Å². The minimum Gasteiger partial charge on any atom is -0.459 e. The lowest BCUT2D eigenvalue weighted by Crippen LogP contribution is -2.43. The van der Waals surface area contributed by atoms with Crippen LogP contribution in [-0.2, 0) is 14.3 Å². The molecule has 1 aliphatic heterocycles. The fourth-order valence-electron chi connectivity index (χ4n) is 3.36. The molecule has 1 aliphatic carbocycles. The van der Waals surface area contributed by atoms with Gasteiger partial charge >= 0.3 is 0 Å². The van der Waals surface area contributed by atoms with Crippen molar-refractivity contribution in [3.63, 3.8) is 0 Å². The van der Waals surface area contributed by atoms with Crippen LogP contribution in [0.4, 0.5) is 0 Å². The standard InChI is InChI=1S/C17H29NO4/c1-4-21-17-13(9-6-10-19)14(12-7-5-8-12)11-15(22-17)16(20)18(2)3/h11-14,17,19H,4-10H2,1-3H3/t13-,14+,17+/m1/s1. The first-order chi connectivity index (χ1) is 10.6. The molecular formula is C17H29NO4. The van der Waals surface area contributed by atoms with Crippen molar-refractivity contribution < 1.29 is 19.4 Å². The molecule has 3 atom stereocenters. The number of likely N-dealkylation sites (N-methyl/N-ethyl adjacent to an activating group) is 1. The molecule has 0 spiro atoms. The predicted octanol–water partition coefficient (Wildman–Crippen LogP) is 2.16. The van der Waals surface area contributed by atoms with Gasteiger partial charge in [0.2, 0.25) is 6.29 Å². The Balaban J connectivity index is 2.22. The molecule has 0 aromatic heterocycles. The van der Waals surface area contributed by atoms with Crippen molar-refractivity contribution in [2.75, 3.05) is 27.3 Å². The third-order valence-electron chi connectivity index (χ3n) is 4.77. The van der Waals surface area contributed by atoms with Crippen LogP contribution in [-0.4, -0.2) is 49.5 Å². The summed E-state index contributed by atoms with van der Waals surface area (Å²) >= 11 is 0. The van der Waals surface area contributed by atoms with Crippen molar-refractivity contribution >= 4 is 5.91 Å². The van der Waals surface area contributed by atoms with E-state index in [1.54, 1.807) is 19.0 Å². The molecule has 1 amide bonds. The Labute approximate surface area is 133 Å². The SMILES string of the molecule is CCO[C@H]1OC(C(=O)N(C)C)=C[C@@H](C2CCC2)[C@H]1CCCO. The highest BCUT2D eigenvalue weighted by molar-refractivity contribution is 5.91. The molecule has 0 radical (unpaired) electrons. The van der Waals surface area contributed by atoms with Crippen LogP contribution in [0.1, 0.15) is 39.0 Å². The number of carbonyl (C=O) groups excluding carboxylic acids is 1. The number of aliphatic hydroxyl groups excluding tert-OH is 1. The van der Waals surface area contributed by atoms with E-state index in [0.717, 1.165) is 12.8 Å². The van der Waals surface area contributed by atoms with Crippen molar-refractivity contribution in [1.82, 2.24) is 4.90 Å². The zero-order valence-corrected chi connectivity index (χ0v) is 14.0. The Morgan fingerprint density at radius 1 is 1.45 bits per heavy atom. The molecule has 2 rings (SSSR count). The summed E-state index contributed by atoms with van der Waals surface area (Å²) in [6, 6.07) is 0. The summed E-state index contributed by atoms with van der Waals surface area (Å²) in [7, 11) is 3.47. The Bertz CT molecular complexity index is 403. The van der Waals surface area contributed by atoms with E-state index in [0.29, 0.717) is 24.2 Å². The zero-order chi connectivity index (χ0) is 16.1. The van der Waals surface area contributed by atoms with Gasteiger partial charge in [-0.15, -0.1) is 0 Å². The maximum Gasteiger partial charge on any atom is 0.288 e. The number of carbonyl (C=O) groups is 1. The fraction of sp³-hybridized carbons (Fsp3) is 0.824. The second kappa shape index (κ2) is 7.97. The Kier molecular flexibility index (Phi) is 6.26. The monoisotopic (exact) mass is 311 g/mol. The van der Waals surface area contributed by atoms with Gasteiger partial charge in [-0.25, -0.2) is 0 Å². The second-order valence-electron chi connectivity index (χ2n) is 6.47. The molecule has 1 saturated carbocycles. The average molecular weight is 311 g/mol. The van der Waals surface area contributed by atoms with Crippen LogP contribution >= 0.6 is 0 Å². The van der Waals surface area contributed by atoms with Gasteiger partial charge in [-0.05, 0) is 50.5 Å². The molecule has 5 nitrogen and oxygen atoms in total. The summed E-state index contributed by atoms with van der Waals surface area (Å²) in [5.74, 6) is 1.45. The third kappa shape index (κ3) is 3.82. The molecule has 1 N–H and O–H groups in total. The Morgan fingerprint density at radius 3 is 2.68 bits per heavy atom. The molecule has 0 aromatic carbocycles. The highest BCUT2D eigenvalue weighted by Crippen LogP contribution is 2.44. The zero-order valence-electron chi connectivity index (χ0n) is 14.0. The molecule has 0 saturated heterocycles. The number of hydrogen-bond acceptors (Lipinski definition) is 4. The fourth-order valence-corrected chi connectivity index (χ4v) is 3.36. The van der Waals surface area contributed by atoms with Crippen molar-refractivity contribution in [2.45, 2.75) is 45.3 Å². The quantitative estimate of drug-likeness (QED) is 0.783. The van der Waals surface area contributed by atoms with Gasteiger partial charge in [-0.1, -0.05) is 6.42 Å². The van der Waals surface area contributed by atoms with E-state index in [9.17, 15) is 4.79 Å². The summed E-state index contributed by atoms with van der Waals surface area (Å²) in [6.45, 7) is 2.68. The second-order valence-corrected chi connectivity index (χ2v) is 6.47. The van der Waals surface area contributed by atoms with Crippen LogP contribution in [0.25, 0.3) is 0 Å². The lowest BCUT2D eigenvalue weighted by molar-refractivity contribution is -0.180. The van der Waals surface area contributed by atoms with Gasteiger partial charge in [0, 0.05) is 33.2 Å². The van der Waals surface area contributed by atoms with Gasteiger partial charge in [0.25, 0.3) is 5.91 Å². The van der Waals surface area contributed by atoms with Crippen LogP contribution in [0, 0.1) is 17.8 Å². The van der Waals surface area contributed by atoms with Crippen LogP contribution in [0.15, 0.2) is 11.8 Å². The first kappa shape index (κ1) is 17.3. The number of nitrogens with zero attached hydrogens (tertiary/aromatic N) is 1. The largest absolute Gasteiger partial charge is 0.459 e. The predicted molar refractivity (Wildman–Crippen MR) is 83.9 cm³/mol. The minimum absolute atomic E-state index is 0.102. The molecule has 0 aromatic rings. The number of hydrogen-bond donors (Lipinski definition) is 1. The highest BCUT2D eigenvalue weighted by Gasteiger charge is 2.42. The first-order valence-corrected chi connectivity index (χ1v) is 8.41. The van der Waals surface area contributed by atoms with Crippen molar-refractivity contribution in [3.8, 4) is 0 Å². The van der Waals surface area contributed by atoms with Crippen LogP contribution in [0.5, 0.6) is 0 Å². The maximum absolute atomic E-state index is 12.3. The van der Waals surface area contributed by atoms with Crippen molar-refractivity contribution in [1.29, 1.82) is 0 Å². The Morgan fingerprint density at radius 2 is 2.18 bits per heavy atom. The summed E-state index contributed by atoms with van der Waals surface area (Å²) in [4.78, 5) is 13.8. The van der Waals surface area contributed by atoms with Gasteiger partial charge in [0.15, 0.2) is 5.76 Å². The van der Waals surface area contributed by atoms with E-state index < -0.39 is 0 Å². The van der Waals surface area contributed by atoms with E-state index in [1.807, 2.05) is 13.0 Å². The lowest BCUT2D eigenvalue weighted by Gasteiger charge is -2.43. The molecule has 0 bridgehead atoms. The molecular weight excluding hydrogens is 282 g/mol. The smallest absolute Gasteiger partial charge is 0.288 e. The normalized spacial score (nSPS) is 28.5. The van der Waals surface area contributed by atoms with E-state index >= 15 is 0 Å². The van der Waals surface area contributed by atoms with E-state index in [2.05, 4.69) is 0 Å². The van der Waals surface area contributed by atoms with Gasteiger partial charge in [0.1, 0.15) is 0 Å². The maximum atomic E-state index is 12.3. The van der Waals surface area contributed by atoms with Crippen molar-refractivity contribution in [2.24, 2.45) is 17.8 Å². The molecule has 2 aliphatic rings. The summed E-state index contributed by atoms with van der Waals surface area (Å²) in [5.41, 5.74) is 0. The number of rotatable bonds is 7. The first-order valence-electron chi connectivity index (χ1n) is 8.41. The van der Waals surface area contributed by atoms with Gasteiger partial charge in [-0.2, -0.15) is 0 Å². The van der Waals surface area contributed by atoms with Gasteiger partial charge in [-0.3, -0.25) is 4.79 Å². The topological polar surface area (TPSA) is 59.0 Å². The number of allylic oxidation sites excluding steroid dienone is 1. The molecule has 5 heteroatoms. The van der Waals surface area contributed by atoms with Crippen LogP contribution in [0.2, 0.25) is 0 Å². The lowest BCUT2D eigenvalue weighted by atomic mass is 9.68. The number of aliphatic hydroxyl groups is 1. The van der Waals surface area contributed by atoms with Gasteiger partial charge in [0.05, 0.1) is 0 Å². The average Bonchev–Trinajstić information content (AvgIpc) is 2.43. The van der Waals surface area contributed by atoms with E-state index in [4.69, 9.17) is 14.6 Å². The molecule has 1 heterocycles. The Hall–Kier alpha value is -1.07. The molecule has 0 unspecified atom stereocenters. The minimum atomic E-state index is -0.383. The van der Waals surface area contributed by atoms with Crippen molar-refractivity contribution in [3.05, 3.63) is 11.8 Å². The summed E-state index contributed by atoms with van der Waals surface area (Å²) in [6.07, 6.45) is 6.92. The molecule has 22 heavy (non-hydrogen) atoms.